The molecule has 2 amide bonds. The molecular formula is C23H29N3O2S. The van der Waals surface area contributed by atoms with Gasteiger partial charge in [-0.05, 0) is 67.4 Å². The zero-order chi connectivity index (χ0) is 21.2. The van der Waals surface area contributed by atoms with Gasteiger partial charge >= 0.3 is 0 Å². The largest absolute Gasteiger partial charge is 0.339 e. The van der Waals surface area contributed by atoms with Crippen LogP contribution >= 0.6 is 12.2 Å². The molecule has 0 radical (unpaired) electrons. The van der Waals surface area contributed by atoms with Gasteiger partial charge in [0.2, 0.25) is 5.91 Å². The van der Waals surface area contributed by atoms with Gasteiger partial charge in [-0.15, -0.1) is 0 Å². The van der Waals surface area contributed by atoms with E-state index in [4.69, 9.17) is 12.2 Å². The summed E-state index contributed by atoms with van der Waals surface area (Å²) in [6.45, 7) is 7.62. The number of amides is 2. The molecule has 0 aromatic heterocycles. The summed E-state index contributed by atoms with van der Waals surface area (Å²) in [5, 5.41) is 5.93. The fourth-order valence-corrected chi connectivity index (χ4v) is 3.28. The molecule has 2 aromatic carbocycles. The van der Waals surface area contributed by atoms with E-state index < -0.39 is 0 Å². The van der Waals surface area contributed by atoms with E-state index in [2.05, 4.69) is 24.5 Å². The Kier molecular flexibility index (Phi) is 8.80. The van der Waals surface area contributed by atoms with Gasteiger partial charge in [0, 0.05) is 24.3 Å². The molecule has 2 rings (SSSR count). The summed E-state index contributed by atoms with van der Waals surface area (Å²) in [7, 11) is 0. The second-order valence-electron chi connectivity index (χ2n) is 6.98. The van der Waals surface area contributed by atoms with E-state index in [-0.39, 0.29) is 23.3 Å². The van der Waals surface area contributed by atoms with Crippen LogP contribution in [0.2, 0.25) is 0 Å². The summed E-state index contributed by atoms with van der Waals surface area (Å²) < 4.78 is 0. The molecule has 0 aliphatic rings. The number of hydrogen-bond donors (Lipinski definition) is 2. The van der Waals surface area contributed by atoms with Crippen molar-refractivity contribution in [3.63, 3.8) is 0 Å². The molecule has 0 spiro atoms. The normalized spacial score (nSPS) is 10.3. The molecule has 29 heavy (non-hydrogen) atoms. The lowest BCUT2D eigenvalue weighted by Gasteiger charge is -2.21. The monoisotopic (exact) mass is 411 g/mol. The Hall–Kier alpha value is -2.73. The van der Waals surface area contributed by atoms with Crippen LogP contribution in [0.5, 0.6) is 0 Å². The molecule has 2 N–H and O–H groups in total. The molecule has 154 valence electrons. The number of benzene rings is 2. The first-order valence-electron chi connectivity index (χ1n) is 9.99. The predicted molar refractivity (Wildman–Crippen MR) is 122 cm³/mol. The highest BCUT2D eigenvalue weighted by atomic mass is 32.1. The number of hydrogen-bond acceptors (Lipinski definition) is 3. The van der Waals surface area contributed by atoms with Gasteiger partial charge in [-0.3, -0.25) is 9.59 Å². The third kappa shape index (κ3) is 6.98. The standard InChI is InChI=1S/C23H29N3O2S/c1-4-14-26(15-5-2)22(28)18-10-12-20(13-11-18)24-23(29)25-21(27)16-19-9-7-6-8-17(19)3/h6-13H,4-5,14-16H2,1-3H3,(H2,24,25,27,29). The van der Waals surface area contributed by atoms with Gasteiger partial charge in [0.25, 0.3) is 5.91 Å². The smallest absolute Gasteiger partial charge is 0.253 e. The highest BCUT2D eigenvalue weighted by molar-refractivity contribution is 7.80. The van der Waals surface area contributed by atoms with Crippen molar-refractivity contribution in [2.45, 2.75) is 40.0 Å². The molecule has 2 aromatic rings. The maximum atomic E-state index is 12.6. The molecule has 0 unspecified atom stereocenters. The molecule has 0 saturated carbocycles. The minimum atomic E-state index is -0.168. The maximum Gasteiger partial charge on any atom is 0.253 e. The summed E-state index contributed by atoms with van der Waals surface area (Å²) >= 11 is 5.24. The second-order valence-corrected chi connectivity index (χ2v) is 7.38. The van der Waals surface area contributed by atoms with Gasteiger partial charge in [-0.2, -0.15) is 0 Å². The maximum absolute atomic E-state index is 12.6. The van der Waals surface area contributed by atoms with Gasteiger partial charge in [0.1, 0.15) is 0 Å². The first kappa shape index (κ1) is 22.6. The van der Waals surface area contributed by atoms with Gasteiger partial charge in [-0.25, -0.2) is 0 Å². The molecular weight excluding hydrogens is 382 g/mol. The van der Waals surface area contributed by atoms with Gasteiger partial charge in [0.05, 0.1) is 6.42 Å². The fraction of sp³-hybridized carbons (Fsp3) is 0.348. The van der Waals surface area contributed by atoms with Crippen LogP contribution in [0.1, 0.15) is 48.2 Å². The van der Waals surface area contributed by atoms with E-state index in [1.54, 1.807) is 24.3 Å². The summed E-state index contributed by atoms with van der Waals surface area (Å²) in [5.41, 5.74) is 3.41. The number of carbonyl (C=O) groups excluding carboxylic acids is 2. The Morgan fingerprint density at radius 3 is 2.17 bits per heavy atom. The van der Waals surface area contributed by atoms with Crippen molar-refractivity contribution in [3.05, 3.63) is 65.2 Å². The van der Waals surface area contributed by atoms with Crippen molar-refractivity contribution in [3.8, 4) is 0 Å². The van der Waals surface area contributed by atoms with Crippen LogP contribution in [0, 0.1) is 6.92 Å². The number of carbonyl (C=O) groups is 2. The van der Waals surface area contributed by atoms with Crippen LogP contribution < -0.4 is 10.6 Å². The topological polar surface area (TPSA) is 61.4 Å². The third-order valence-electron chi connectivity index (χ3n) is 4.53. The minimum Gasteiger partial charge on any atom is -0.339 e. The second kappa shape index (κ2) is 11.3. The van der Waals surface area contributed by atoms with Gasteiger partial charge < -0.3 is 15.5 Å². The molecule has 0 bridgehead atoms. The van der Waals surface area contributed by atoms with Crippen molar-refractivity contribution in [2.75, 3.05) is 18.4 Å². The lowest BCUT2D eigenvalue weighted by Crippen LogP contribution is -2.35. The molecule has 5 nitrogen and oxygen atoms in total. The Morgan fingerprint density at radius 1 is 0.966 bits per heavy atom. The number of nitrogens with one attached hydrogen (secondary N) is 2. The van der Waals surface area contributed by atoms with Crippen LogP contribution in [0.15, 0.2) is 48.5 Å². The first-order valence-corrected chi connectivity index (χ1v) is 10.4. The lowest BCUT2D eigenvalue weighted by atomic mass is 10.1. The van der Waals surface area contributed by atoms with E-state index in [1.807, 2.05) is 36.1 Å². The minimum absolute atomic E-state index is 0.0364. The average Bonchev–Trinajstić information content (AvgIpc) is 2.69. The van der Waals surface area contributed by atoms with E-state index >= 15 is 0 Å². The fourth-order valence-electron chi connectivity index (χ4n) is 3.05. The SMILES string of the molecule is CCCN(CCC)C(=O)c1ccc(NC(=S)NC(=O)Cc2ccccc2C)cc1. The van der Waals surface area contributed by atoms with Crippen molar-refractivity contribution in [2.24, 2.45) is 0 Å². The molecule has 0 atom stereocenters. The number of thiocarbonyl (C=S) groups is 1. The molecule has 6 heteroatoms. The Balaban J connectivity index is 1.91. The van der Waals surface area contributed by atoms with Crippen molar-refractivity contribution in [1.29, 1.82) is 0 Å². The van der Waals surface area contributed by atoms with Crippen molar-refractivity contribution >= 4 is 34.8 Å². The zero-order valence-electron chi connectivity index (χ0n) is 17.3. The molecule has 0 fully saturated rings. The average molecular weight is 412 g/mol. The molecule has 0 aliphatic heterocycles. The van der Waals surface area contributed by atoms with E-state index in [1.165, 1.54) is 0 Å². The molecule has 0 heterocycles. The van der Waals surface area contributed by atoms with E-state index in [0.29, 0.717) is 5.56 Å². The number of nitrogens with zero attached hydrogens (tertiary/aromatic N) is 1. The number of rotatable bonds is 8. The van der Waals surface area contributed by atoms with Gasteiger partial charge in [-0.1, -0.05) is 38.1 Å². The summed E-state index contributed by atoms with van der Waals surface area (Å²) in [6, 6.07) is 14.9. The predicted octanol–water partition coefficient (Wildman–Crippen LogP) is 4.31. The van der Waals surface area contributed by atoms with Crippen LogP contribution in [-0.2, 0) is 11.2 Å². The number of anilines is 1. The van der Waals surface area contributed by atoms with Crippen molar-refractivity contribution in [1.82, 2.24) is 10.2 Å². The first-order chi connectivity index (χ1) is 13.9. The summed E-state index contributed by atoms with van der Waals surface area (Å²) in [6.07, 6.45) is 2.14. The highest BCUT2D eigenvalue weighted by Gasteiger charge is 2.14. The van der Waals surface area contributed by atoms with E-state index in [9.17, 15) is 9.59 Å². The van der Waals surface area contributed by atoms with Gasteiger partial charge in [0.15, 0.2) is 5.11 Å². The van der Waals surface area contributed by atoms with Crippen LogP contribution in [0.4, 0.5) is 5.69 Å². The molecule has 0 saturated heterocycles. The zero-order valence-corrected chi connectivity index (χ0v) is 18.1. The Labute approximate surface area is 178 Å². The lowest BCUT2D eigenvalue weighted by molar-refractivity contribution is -0.119. The van der Waals surface area contributed by atoms with Crippen LogP contribution in [0.3, 0.4) is 0 Å². The van der Waals surface area contributed by atoms with Crippen LogP contribution in [0.25, 0.3) is 0 Å². The number of aryl methyl sites for hydroxylation is 1. The van der Waals surface area contributed by atoms with Crippen LogP contribution in [-0.4, -0.2) is 34.9 Å². The molecule has 0 aliphatic carbocycles. The van der Waals surface area contributed by atoms with Crippen molar-refractivity contribution < 1.29 is 9.59 Å². The Bertz CT molecular complexity index is 843. The highest BCUT2D eigenvalue weighted by Crippen LogP contribution is 2.13. The summed E-state index contributed by atoms with van der Waals surface area (Å²) in [5.74, 6) is -0.132. The van der Waals surface area contributed by atoms with E-state index in [0.717, 1.165) is 42.7 Å². The Morgan fingerprint density at radius 2 is 1.59 bits per heavy atom. The third-order valence-corrected chi connectivity index (χ3v) is 4.73. The summed E-state index contributed by atoms with van der Waals surface area (Å²) in [4.78, 5) is 26.7. The quantitative estimate of drug-likeness (QED) is 0.636.